The van der Waals surface area contributed by atoms with Gasteiger partial charge in [-0.2, -0.15) is 0 Å². The van der Waals surface area contributed by atoms with Gasteiger partial charge in [0.1, 0.15) is 5.75 Å². The molecule has 1 atom stereocenters. The first-order valence-electron chi connectivity index (χ1n) is 7.20. The average Bonchev–Trinajstić information content (AvgIpc) is 2.43. The van der Waals surface area contributed by atoms with Gasteiger partial charge in [-0.05, 0) is 31.4 Å². The van der Waals surface area contributed by atoms with E-state index in [1.165, 1.54) is 0 Å². The van der Waals surface area contributed by atoms with E-state index in [9.17, 15) is 4.79 Å². The van der Waals surface area contributed by atoms with E-state index in [1.54, 1.807) is 4.90 Å². The van der Waals surface area contributed by atoms with Crippen LogP contribution in [0.5, 0.6) is 5.75 Å². The predicted molar refractivity (Wildman–Crippen MR) is 75.8 cm³/mol. The first-order valence-corrected chi connectivity index (χ1v) is 7.20. The second-order valence-corrected chi connectivity index (χ2v) is 5.32. The third kappa shape index (κ3) is 2.45. The molecule has 2 aliphatic rings. The Balaban J connectivity index is 1.70. The summed E-state index contributed by atoms with van der Waals surface area (Å²) in [4.78, 5) is 14.4. The first-order chi connectivity index (χ1) is 9.79. The van der Waals surface area contributed by atoms with Crippen LogP contribution in [0.4, 0.5) is 5.69 Å². The molecule has 0 radical (unpaired) electrons. The number of aliphatic hydroxyl groups excluding tert-OH is 1. The van der Waals surface area contributed by atoms with Gasteiger partial charge in [0.05, 0.1) is 18.8 Å². The van der Waals surface area contributed by atoms with Crippen LogP contribution >= 0.6 is 0 Å². The molecular formula is C15H20N2O3. The summed E-state index contributed by atoms with van der Waals surface area (Å²) in [7, 11) is 0. The van der Waals surface area contributed by atoms with E-state index in [2.05, 4.69) is 5.32 Å². The summed E-state index contributed by atoms with van der Waals surface area (Å²) < 4.78 is 5.80. The molecule has 3 rings (SSSR count). The Bertz CT molecular complexity index is 488. The van der Waals surface area contributed by atoms with Gasteiger partial charge in [-0.25, -0.2) is 0 Å². The Morgan fingerprint density at radius 2 is 2.20 bits per heavy atom. The molecule has 1 aromatic carbocycles. The van der Waals surface area contributed by atoms with Crippen LogP contribution in [0.25, 0.3) is 0 Å². The summed E-state index contributed by atoms with van der Waals surface area (Å²) in [5, 5.41) is 12.4. The number of nitrogens with one attached hydrogen (secondary N) is 1. The quantitative estimate of drug-likeness (QED) is 0.868. The zero-order valence-corrected chi connectivity index (χ0v) is 11.4. The van der Waals surface area contributed by atoms with Gasteiger partial charge in [-0.15, -0.1) is 0 Å². The number of hydrogen-bond donors (Lipinski definition) is 2. The van der Waals surface area contributed by atoms with Gasteiger partial charge >= 0.3 is 0 Å². The third-order valence-corrected chi connectivity index (χ3v) is 4.05. The second-order valence-electron chi connectivity index (χ2n) is 5.32. The Kier molecular flexibility index (Phi) is 3.78. The number of amides is 1. The molecule has 0 saturated heterocycles. The fraction of sp³-hybridized carbons (Fsp3) is 0.533. The zero-order chi connectivity index (χ0) is 13.9. The van der Waals surface area contributed by atoms with Gasteiger partial charge in [-0.1, -0.05) is 12.1 Å². The van der Waals surface area contributed by atoms with Crippen LogP contribution in [0, 0.1) is 0 Å². The maximum atomic E-state index is 12.6. The number of rotatable bonds is 4. The van der Waals surface area contributed by atoms with E-state index < -0.39 is 6.10 Å². The highest BCUT2D eigenvalue weighted by Crippen LogP contribution is 2.30. The van der Waals surface area contributed by atoms with E-state index in [4.69, 9.17) is 9.84 Å². The van der Waals surface area contributed by atoms with Crippen molar-refractivity contribution in [3.63, 3.8) is 0 Å². The van der Waals surface area contributed by atoms with Crippen LogP contribution in [0.1, 0.15) is 19.3 Å². The maximum absolute atomic E-state index is 12.6. The summed E-state index contributed by atoms with van der Waals surface area (Å²) in [6.45, 7) is 0.870. The number of fused-ring (bicyclic) bond motifs is 1. The van der Waals surface area contributed by atoms with Crippen molar-refractivity contribution in [3.8, 4) is 5.75 Å². The van der Waals surface area contributed by atoms with Crippen LogP contribution < -0.4 is 10.1 Å². The minimum absolute atomic E-state index is 0.00102. The molecule has 1 unspecified atom stereocenters. The van der Waals surface area contributed by atoms with Crippen molar-refractivity contribution in [2.75, 3.05) is 25.0 Å². The third-order valence-electron chi connectivity index (χ3n) is 4.05. The van der Waals surface area contributed by atoms with E-state index in [1.807, 2.05) is 24.3 Å². The van der Waals surface area contributed by atoms with Gasteiger partial charge in [0.2, 0.25) is 0 Å². The molecule has 108 valence electrons. The molecule has 1 heterocycles. The van der Waals surface area contributed by atoms with Crippen LogP contribution in [0.2, 0.25) is 0 Å². The standard InChI is InChI=1S/C15H20N2O3/c18-9-8-17(11-4-3-5-11)15(19)14-10-16-12-6-1-2-7-13(12)20-14/h1-2,6-7,11,14,16,18H,3-5,8-10H2. The van der Waals surface area contributed by atoms with Crippen molar-refractivity contribution in [1.29, 1.82) is 0 Å². The van der Waals surface area contributed by atoms with Crippen LogP contribution in [0.15, 0.2) is 24.3 Å². The summed E-state index contributed by atoms with van der Waals surface area (Å²) in [5.74, 6) is 0.695. The number of carbonyl (C=O) groups is 1. The number of hydrogen-bond acceptors (Lipinski definition) is 4. The van der Waals surface area contributed by atoms with Crippen molar-refractivity contribution in [3.05, 3.63) is 24.3 Å². The summed E-state index contributed by atoms with van der Waals surface area (Å²) in [6.07, 6.45) is 2.72. The largest absolute Gasteiger partial charge is 0.477 e. The van der Waals surface area contributed by atoms with E-state index >= 15 is 0 Å². The number of anilines is 1. The topological polar surface area (TPSA) is 61.8 Å². The van der Waals surface area contributed by atoms with Crippen LogP contribution in [-0.4, -0.2) is 47.8 Å². The lowest BCUT2D eigenvalue weighted by Crippen LogP contribution is -2.53. The highest BCUT2D eigenvalue weighted by Gasteiger charge is 2.35. The molecule has 0 spiro atoms. The zero-order valence-electron chi connectivity index (χ0n) is 11.4. The lowest BCUT2D eigenvalue weighted by atomic mass is 9.91. The fourth-order valence-corrected chi connectivity index (χ4v) is 2.71. The molecule has 1 fully saturated rings. The Morgan fingerprint density at radius 3 is 2.90 bits per heavy atom. The highest BCUT2D eigenvalue weighted by atomic mass is 16.5. The molecule has 0 bridgehead atoms. The fourth-order valence-electron chi connectivity index (χ4n) is 2.71. The molecule has 5 heteroatoms. The van der Waals surface area contributed by atoms with Gasteiger partial charge in [0.25, 0.3) is 5.91 Å². The monoisotopic (exact) mass is 276 g/mol. The van der Waals surface area contributed by atoms with Gasteiger partial charge in [0.15, 0.2) is 6.10 Å². The van der Waals surface area contributed by atoms with Crippen LogP contribution in [0.3, 0.4) is 0 Å². The molecule has 2 N–H and O–H groups in total. The molecule has 1 saturated carbocycles. The number of nitrogens with zero attached hydrogens (tertiary/aromatic N) is 1. The van der Waals surface area contributed by atoms with Crippen molar-refractivity contribution >= 4 is 11.6 Å². The summed E-state index contributed by atoms with van der Waals surface area (Å²) in [5.41, 5.74) is 0.925. The molecule has 0 aromatic heterocycles. The van der Waals surface area contributed by atoms with E-state index in [0.717, 1.165) is 30.7 Å². The molecule has 20 heavy (non-hydrogen) atoms. The lowest BCUT2D eigenvalue weighted by Gasteiger charge is -2.39. The second kappa shape index (κ2) is 5.71. The Hall–Kier alpha value is -1.75. The predicted octanol–water partition coefficient (Wildman–Crippen LogP) is 1.23. The maximum Gasteiger partial charge on any atom is 0.265 e. The molecule has 1 amide bonds. The molecule has 1 aliphatic carbocycles. The minimum Gasteiger partial charge on any atom is -0.477 e. The molecule has 1 aliphatic heterocycles. The molecule has 5 nitrogen and oxygen atoms in total. The summed E-state index contributed by atoms with van der Waals surface area (Å²) >= 11 is 0. The SMILES string of the molecule is O=C(C1CNc2ccccc2O1)N(CCO)C1CCC1. The van der Waals surface area contributed by atoms with Crippen molar-refractivity contribution in [2.45, 2.75) is 31.4 Å². The highest BCUT2D eigenvalue weighted by molar-refractivity contribution is 5.83. The number of para-hydroxylation sites is 2. The van der Waals surface area contributed by atoms with E-state index in [-0.39, 0.29) is 18.6 Å². The Labute approximate surface area is 118 Å². The van der Waals surface area contributed by atoms with Gasteiger partial charge < -0.3 is 20.1 Å². The normalized spacial score (nSPS) is 21.1. The number of benzene rings is 1. The van der Waals surface area contributed by atoms with Crippen molar-refractivity contribution < 1.29 is 14.6 Å². The number of carbonyl (C=O) groups excluding carboxylic acids is 1. The Morgan fingerprint density at radius 1 is 1.40 bits per heavy atom. The molecular weight excluding hydrogens is 256 g/mol. The van der Waals surface area contributed by atoms with Gasteiger partial charge in [0, 0.05) is 12.6 Å². The number of ether oxygens (including phenoxy) is 1. The smallest absolute Gasteiger partial charge is 0.265 e. The minimum atomic E-state index is -0.503. The lowest BCUT2D eigenvalue weighted by molar-refractivity contribution is -0.143. The first kappa shape index (κ1) is 13.2. The van der Waals surface area contributed by atoms with Crippen molar-refractivity contribution in [2.24, 2.45) is 0 Å². The molecule has 1 aromatic rings. The van der Waals surface area contributed by atoms with Crippen molar-refractivity contribution in [1.82, 2.24) is 4.90 Å². The van der Waals surface area contributed by atoms with E-state index in [0.29, 0.717) is 13.1 Å². The summed E-state index contributed by atoms with van der Waals surface area (Å²) in [6, 6.07) is 7.90. The average molecular weight is 276 g/mol. The van der Waals surface area contributed by atoms with Crippen LogP contribution in [-0.2, 0) is 4.79 Å². The number of aliphatic hydroxyl groups is 1. The van der Waals surface area contributed by atoms with Gasteiger partial charge in [-0.3, -0.25) is 4.79 Å².